The highest BCUT2D eigenvalue weighted by atomic mass is 16.5. The number of ether oxygens (including phenoxy) is 1. The van der Waals surface area contributed by atoms with Crippen LogP contribution in [-0.2, 0) is 0 Å². The number of rotatable bonds is 5. The number of aliphatic imine (C=N–C) groups is 1. The lowest BCUT2D eigenvalue weighted by atomic mass is 9.93. The van der Waals surface area contributed by atoms with Crippen molar-refractivity contribution in [2.24, 2.45) is 10.9 Å². The number of hydrogen-bond acceptors (Lipinski definition) is 3. The Balaban J connectivity index is 1.55. The summed E-state index contributed by atoms with van der Waals surface area (Å²) in [5.41, 5.74) is 1.21. The van der Waals surface area contributed by atoms with Crippen molar-refractivity contribution >= 4 is 5.96 Å². The van der Waals surface area contributed by atoms with Gasteiger partial charge in [-0.2, -0.15) is 0 Å². The summed E-state index contributed by atoms with van der Waals surface area (Å²) in [5.74, 6) is 2.47. The predicted octanol–water partition coefficient (Wildman–Crippen LogP) is 3.12. The summed E-state index contributed by atoms with van der Waals surface area (Å²) in [6.07, 6.45) is 7.01. The van der Waals surface area contributed by atoms with Crippen LogP contribution in [0, 0.1) is 12.8 Å². The number of aryl methyl sites for hydroxylation is 1. The third kappa shape index (κ3) is 5.02. The van der Waals surface area contributed by atoms with Crippen molar-refractivity contribution in [1.29, 1.82) is 0 Å². The van der Waals surface area contributed by atoms with Crippen LogP contribution in [0.5, 0.6) is 5.75 Å². The van der Waals surface area contributed by atoms with Crippen molar-refractivity contribution < 1.29 is 4.74 Å². The highest BCUT2D eigenvalue weighted by molar-refractivity contribution is 5.80. The minimum Gasteiger partial charge on any atom is -0.489 e. The second kappa shape index (κ2) is 8.93. The minimum absolute atomic E-state index is 0.0525. The largest absolute Gasteiger partial charge is 0.489 e. The van der Waals surface area contributed by atoms with E-state index in [0.29, 0.717) is 18.5 Å². The molecule has 1 aliphatic rings. The highest BCUT2D eigenvalue weighted by Crippen LogP contribution is 2.27. The zero-order valence-corrected chi connectivity index (χ0v) is 16.8. The molecule has 1 saturated heterocycles. The minimum atomic E-state index is 0.0525. The van der Waals surface area contributed by atoms with Gasteiger partial charge in [-0.05, 0) is 43.9 Å². The number of likely N-dealkylation sites (tertiary alicyclic amines) is 1. The van der Waals surface area contributed by atoms with Crippen LogP contribution in [-0.4, -0.2) is 53.2 Å². The molecule has 1 fully saturated rings. The lowest BCUT2D eigenvalue weighted by Gasteiger charge is -2.39. The first-order valence-corrected chi connectivity index (χ1v) is 9.73. The maximum absolute atomic E-state index is 6.03. The van der Waals surface area contributed by atoms with Crippen molar-refractivity contribution in [2.45, 2.75) is 39.3 Å². The molecule has 0 bridgehead atoms. The number of nitrogens with zero attached hydrogens (tertiary/aromatic N) is 4. The summed E-state index contributed by atoms with van der Waals surface area (Å²) in [7, 11) is 1.85. The van der Waals surface area contributed by atoms with Gasteiger partial charge < -0.3 is 19.5 Å². The fourth-order valence-electron chi connectivity index (χ4n) is 3.62. The monoisotopic (exact) mass is 369 g/mol. The standard InChI is InChI=1S/C21H31N5O/c1-16-6-5-7-19(12-16)27-18(3)13-24-21(22-4)25-10-8-17(2)20(14-25)26-11-9-23-15-26/h5-7,9,11-12,15,17-18,20H,8,10,13-14H2,1-4H3,(H,22,24). The number of nitrogens with one attached hydrogen (secondary N) is 1. The van der Waals surface area contributed by atoms with Crippen LogP contribution >= 0.6 is 0 Å². The molecule has 1 N–H and O–H groups in total. The first-order valence-electron chi connectivity index (χ1n) is 9.73. The van der Waals surface area contributed by atoms with Crippen molar-refractivity contribution in [3.63, 3.8) is 0 Å². The normalized spacial score (nSPS) is 21.8. The first-order chi connectivity index (χ1) is 13.1. The van der Waals surface area contributed by atoms with E-state index >= 15 is 0 Å². The van der Waals surface area contributed by atoms with Gasteiger partial charge >= 0.3 is 0 Å². The molecular weight excluding hydrogens is 338 g/mol. The molecule has 0 amide bonds. The zero-order chi connectivity index (χ0) is 19.2. The Labute approximate surface area is 162 Å². The van der Waals surface area contributed by atoms with E-state index in [1.165, 1.54) is 5.56 Å². The highest BCUT2D eigenvalue weighted by Gasteiger charge is 2.29. The molecule has 2 aromatic rings. The van der Waals surface area contributed by atoms with Crippen molar-refractivity contribution in [1.82, 2.24) is 19.8 Å². The number of imidazole rings is 1. The van der Waals surface area contributed by atoms with Gasteiger partial charge in [-0.15, -0.1) is 0 Å². The Hall–Kier alpha value is -2.50. The Kier molecular flexibility index (Phi) is 6.37. The summed E-state index contributed by atoms with van der Waals surface area (Å²) in [4.78, 5) is 11.0. The van der Waals surface area contributed by atoms with Crippen molar-refractivity contribution in [3.05, 3.63) is 48.5 Å². The zero-order valence-electron chi connectivity index (χ0n) is 16.8. The van der Waals surface area contributed by atoms with Gasteiger partial charge in [0, 0.05) is 32.5 Å². The van der Waals surface area contributed by atoms with Crippen LogP contribution in [0.3, 0.4) is 0 Å². The van der Waals surface area contributed by atoms with Crippen LogP contribution in [0.2, 0.25) is 0 Å². The van der Waals surface area contributed by atoms with Gasteiger partial charge in [-0.3, -0.25) is 4.99 Å². The Bertz CT molecular complexity index is 743. The maximum atomic E-state index is 6.03. The quantitative estimate of drug-likeness (QED) is 0.650. The topological polar surface area (TPSA) is 54.7 Å². The summed E-state index contributed by atoms with van der Waals surface area (Å²) in [6, 6.07) is 8.58. The van der Waals surface area contributed by atoms with E-state index in [1.54, 1.807) is 0 Å². The molecule has 27 heavy (non-hydrogen) atoms. The van der Waals surface area contributed by atoms with Gasteiger partial charge in [0.25, 0.3) is 0 Å². The van der Waals surface area contributed by atoms with E-state index in [-0.39, 0.29) is 6.10 Å². The molecule has 6 nitrogen and oxygen atoms in total. The van der Waals surface area contributed by atoms with Crippen molar-refractivity contribution in [3.8, 4) is 5.75 Å². The van der Waals surface area contributed by atoms with Crippen LogP contribution in [0.15, 0.2) is 48.0 Å². The number of benzene rings is 1. The average molecular weight is 370 g/mol. The van der Waals surface area contributed by atoms with Gasteiger partial charge in [0.15, 0.2) is 5.96 Å². The summed E-state index contributed by atoms with van der Waals surface area (Å²) < 4.78 is 8.24. The molecule has 2 heterocycles. The van der Waals surface area contributed by atoms with E-state index in [9.17, 15) is 0 Å². The Morgan fingerprint density at radius 3 is 3.00 bits per heavy atom. The third-order valence-electron chi connectivity index (χ3n) is 5.21. The van der Waals surface area contributed by atoms with E-state index in [2.05, 4.69) is 63.9 Å². The van der Waals surface area contributed by atoms with Gasteiger partial charge in [0.2, 0.25) is 0 Å². The molecular formula is C21H31N5O. The number of hydrogen-bond donors (Lipinski definition) is 1. The molecule has 0 radical (unpaired) electrons. The van der Waals surface area contributed by atoms with E-state index in [4.69, 9.17) is 4.74 Å². The van der Waals surface area contributed by atoms with Crippen LogP contribution in [0.25, 0.3) is 0 Å². The average Bonchev–Trinajstić information content (AvgIpc) is 3.18. The van der Waals surface area contributed by atoms with Crippen LogP contribution < -0.4 is 10.1 Å². The number of aromatic nitrogens is 2. The molecule has 0 aliphatic carbocycles. The van der Waals surface area contributed by atoms with Crippen LogP contribution in [0.1, 0.15) is 31.9 Å². The molecule has 6 heteroatoms. The van der Waals surface area contributed by atoms with Crippen molar-refractivity contribution in [2.75, 3.05) is 26.7 Å². The van der Waals surface area contributed by atoms with Gasteiger partial charge in [-0.25, -0.2) is 4.98 Å². The lowest BCUT2D eigenvalue weighted by molar-refractivity contribution is 0.184. The molecule has 1 aliphatic heterocycles. The molecule has 3 rings (SSSR count). The fourth-order valence-corrected chi connectivity index (χ4v) is 3.62. The van der Waals surface area contributed by atoms with E-state index in [1.807, 2.05) is 31.7 Å². The molecule has 0 spiro atoms. The number of piperidine rings is 1. The SMILES string of the molecule is CN=C(NCC(C)Oc1cccc(C)c1)N1CCC(C)C(n2ccnc2)C1. The Morgan fingerprint density at radius 1 is 1.44 bits per heavy atom. The smallest absolute Gasteiger partial charge is 0.193 e. The summed E-state index contributed by atoms with van der Waals surface area (Å²) >= 11 is 0. The second-order valence-electron chi connectivity index (χ2n) is 7.46. The van der Waals surface area contributed by atoms with Gasteiger partial charge in [0.1, 0.15) is 11.9 Å². The van der Waals surface area contributed by atoms with Gasteiger partial charge in [0.05, 0.1) is 18.9 Å². The molecule has 146 valence electrons. The summed E-state index contributed by atoms with van der Waals surface area (Å²) in [6.45, 7) is 9.13. The molecule has 0 saturated carbocycles. The molecule has 1 aromatic carbocycles. The second-order valence-corrected chi connectivity index (χ2v) is 7.46. The molecule has 3 unspecified atom stereocenters. The molecule has 3 atom stereocenters. The predicted molar refractivity (Wildman–Crippen MR) is 109 cm³/mol. The Morgan fingerprint density at radius 2 is 2.30 bits per heavy atom. The molecule has 1 aromatic heterocycles. The fraction of sp³-hybridized carbons (Fsp3) is 0.524. The first kappa shape index (κ1) is 19.3. The summed E-state index contributed by atoms with van der Waals surface area (Å²) in [5, 5.41) is 3.48. The van der Waals surface area contributed by atoms with E-state index in [0.717, 1.165) is 31.2 Å². The maximum Gasteiger partial charge on any atom is 0.193 e. The van der Waals surface area contributed by atoms with E-state index < -0.39 is 0 Å². The number of guanidine groups is 1. The van der Waals surface area contributed by atoms with Crippen LogP contribution in [0.4, 0.5) is 0 Å². The third-order valence-corrected chi connectivity index (χ3v) is 5.21. The lowest BCUT2D eigenvalue weighted by Crippen LogP contribution is -2.50. The van der Waals surface area contributed by atoms with Gasteiger partial charge in [-0.1, -0.05) is 19.1 Å².